The van der Waals surface area contributed by atoms with E-state index in [1.165, 1.54) is 0 Å². The maximum Gasteiger partial charge on any atom is 0.161 e. The van der Waals surface area contributed by atoms with Crippen molar-refractivity contribution in [2.24, 2.45) is 0 Å². The minimum atomic E-state index is 0.431. The van der Waals surface area contributed by atoms with Crippen LogP contribution in [0.2, 0.25) is 0 Å². The zero-order chi connectivity index (χ0) is 13.0. The van der Waals surface area contributed by atoms with Crippen molar-refractivity contribution in [3.8, 4) is 23.8 Å². The molecular weight excluding hydrogens is 228 g/mol. The number of nitrogens with zero attached hydrogens (tertiary/aromatic N) is 1. The van der Waals surface area contributed by atoms with Crippen molar-refractivity contribution in [2.45, 2.75) is 0 Å². The van der Waals surface area contributed by atoms with Crippen LogP contribution in [-0.2, 0) is 0 Å². The Morgan fingerprint density at radius 3 is 2.67 bits per heavy atom. The van der Waals surface area contributed by atoms with Gasteiger partial charge in [-0.15, -0.1) is 6.42 Å². The summed E-state index contributed by atoms with van der Waals surface area (Å²) in [6.45, 7) is 0.431. The summed E-state index contributed by atoms with van der Waals surface area (Å²) in [5.41, 5.74) is 0. The Morgan fingerprint density at radius 1 is 1.28 bits per heavy atom. The van der Waals surface area contributed by atoms with E-state index in [4.69, 9.17) is 15.9 Å². The van der Waals surface area contributed by atoms with E-state index in [0.717, 1.165) is 16.6 Å². The second-order valence-electron chi connectivity index (χ2n) is 3.65. The molecule has 0 spiro atoms. The van der Waals surface area contributed by atoms with Crippen molar-refractivity contribution in [3.63, 3.8) is 0 Å². The average molecular weight is 242 g/mol. The minimum Gasteiger partial charge on any atom is -0.493 e. The van der Waals surface area contributed by atoms with E-state index < -0.39 is 0 Å². The molecule has 0 unspecified atom stereocenters. The van der Waals surface area contributed by atoms with Gasteiger partial charge in [0.15, 0.2) is 11.5 Å². The predicted molar refractivity (Wildman–Crippen MR) is 72.2 cm³/mol. The van der Waals surface area contributed by atoms with Gasteiger partial charge in [0.2, 0.25) is 0 Å². The standard InChI is InChI=1S/C14H14N2O2/c1-4-6-15-14-11-9-13(18-3)12(17-2)8-10(11)5-7-16-14/h1,5,7-9H,6H2,2-3H3,(H,15,16). The molecule has 0 fully saturated rings. The SMILES string of the molecule is C#CCNc1nccc2cc(OC)c(OC)cc12. The maximum absolute atomic E-state index is 5.28. The lowest BCUT2D eigenvalue weighted by atomic mass is 10.1. The van der Waals surface area contributed by atoms with Crippen LogP contribution in [0.5, 0.6) is 11.5 Å². The number of hydrogen-bond donors (Lipinski definition) is 1. The molecule has 1 aromatic carbocycles. The minimum absolute atomic E-state index is 0.431. The van der Waals surface area contributed by atoms with Gasteiger partial charge >= 0.3 is 0 Å². The summed E-state index contributed by atoms with van der Waals surface area (Å²) in [5.74, 6) is 4.63. The Bertz CT molecular complexity index is 603. The lowest BCUT2D eigenvalue weighted by Gasteiger charge is -2.11. The van der Waals surface area contributed by atoms with Gasteiger partial charge in [0, 0.05) is 11.6 Å². The Labute approximate surface area is 106 Å². The Balaban J connectivity index is 2.58. The monoisotopic (exact) mass is 242 g/mol. The zero-order valence-electron chi connectivity index (χ0n) is 10.4. The normalized spacial score (nSPS) is 9.83. The van der Waals surface area contributed by atoms with Crippen molar-refractivity contribution in [1.29, 1.82) is 0 Å². The summed E-state index contributed by atoms with van der Waals surface area (Å²) < 4.78 is 10.6. The Kier molecular flexibility index (Phi) is 3.54. The fourth-order valence-electron chi connectivity index (χ4n) is 1.77. The van der Waals surface area contributed by atoms with Gasteiger partial charge in [0.1, 0.15) is 5.82 Å². The molecule has 1 N–H and O–H groups in total. The number of benzene rings is 1. The number of methoxy groups -OCH3 is 2. The first-order chi connectivity index (χ1) is 8.80. The molecule has 1 heterocycles. The third-order valence-corrected chi connectivity index (χ3v) is 2.63. The first kappa shape index (κ1) is 12.1. The van der Waals surface area contributed by atoms with E-state index in [9.17, 15) is 0 Å². The fourth-order valence-corrected chi connectivity index (χ4v) is 1.77. The van der Waals surface area contributed by atoms with Crippen molar-refractivity contribution >= 4 is 16.6 Å². The number of rotatable bonds is 4. The number of terminal acetylenes is 1. The summed E-state index contributed by atoms with van der Waals surface area (Å²) in [6.07, 6.45) is 6.97. The molecule has 0 bridgehead atoms. The largest absolute Gasteiger partial charge is 0.493 e. The summed E-state index contributed by atoms with van der Waals surface area (Å²) in [7, 11) is 3.22. The van der Waals surface area contributed by atoms with Crippen molar-refractivity contribution in [1.82, 2.24) is 4.98 Å². The van der Waals surface area contributed by atoms with E-state index in [-0.39, 0.29) is 0 Å². The van der Waals surface area contributed by atoms with Gasteiger partial charge < -0.3 is 14.8 Å². The van der Waals surface area contributed by atoms with Crippen molar-refractivity contribution in [2.75, 3.05) is 26.1 Å². The van der Waals surface area contributed by atoms with Gasteiger partial charge in [0.05, 0.1) is 20.8 Å². The third kappa shape index (κ3) is 2.16. The highest BCUT2D eigenvalue weighted by molar-refractivity contribution is 5.94. The van der Waals surface area contributed by atoms with Crippen LogP contribution in [0.25, 0.3) is 10.8 Å². The van der Waals surface area contributed by atoms with E-state index in [0.29, 0.717) is 18.0 Å². The molecule has 18 heavy (non-hydrogen) atoms. The first-order valence-corrected chi connectivity index (χ1v) is 5.48. The van der Waals surface area contributed by atoms with Crippen molar-refractivity contribution in [3.05, 3.63) is 24.4 Å². The molecule has 92 valence electrons. The fraction of sp³-hybridized carbons (Fsp3) is 0.214. The third-order valence-electron chi connectivity index (χ3n) is 2.63. The van der Waals surface area contributed by atoms with Gasteiger partial charge in [-0.25, -0.2) is 4.98 Å². The topological polar surface area (TPSA) is 43.4 Å². The first-order valence-electron chi connectivity index (χ1n) is 5.48. The second kappa shape index (κ2) is 5.28. The number of pyridine rings is 1. The summed E-state index contributed by atoms with van der Waals surface area (Å²) in [4.78, 5) is 4.27. The molecule has 0 saturated heterocycles. The maximum atomic E-state index is 5.28. The molecule has 0 amide bonds. The molecule has 0 aliphatic rings. The van der Waals surface area contributed by atoms with Crippen LogP contribution in [0.3, 0.4) is 0 Å². The highest BCUT2D eigenvalue weighted by Gasteiger charge is 2.09. The van der Waals surface area contributed by atoms with Gasteiger partial charge in [0.25, 0.3) is 0 Å². The van der Waals surface area contributed by atoms with Crippen LogP contribution < -0.4 is 14.8 Å². The highest BCUT2D eigenvalue weighted by Crippen LogP contribution is 2.34. The zero-order valence-corrected chi connectivity index (χ0v) is 10.4. The summed E-state index contributed by atoms with van der Waals surface area (Å²) in [6, 6.07) is 5.72. The van der Waals surface area contributed by atoms with Crippen LogP contribution in [0, 0.1) is 12.3 Å². The Morgan fingerprint density at radius 2 is 2.00 bits per heavy atom. The lowest BCUT2D eigenvalue weighted by molar-refractivity contribution is 0.356. The molecule has 2 aromatic rings. The number of ether oxygens (including phenoxy) is 2. The predicted octanol–water partition coefficient (Wildman–Crippen LogP) is 2.30. The van der Waals surface area contributed by atoms with Crippen LogP contribution in [0.4, 0.5) is 5.82 Å². The molecule has 4 nitrogen and oxygen atoms in total. The van der Waals surface area contributed by atoms with E-state index in [1.807, 2.05) is 18.2 Å². The average Bonchev–Trinajstić information content (AvgIpc) is 2.43. The lowest BCUT2D eigenvalue weighted by Crippen LogP contribution is -2.01. The molecule has 0 radical (unpaired) electrons. The smallest absolute Gasteiger partial charge is 0.161 e. The van der Waals surface area contributed by atoms with E-state index in [2.05, 4.69) is 16.2 Å². The quantitative estimate of drug-likeness (QED) is 0.835. The molecule has 4 heteroatoms. The van der Waals surface area contributed by atoms with Crippen LogP contribution in [0.1, 0.15) is 0 Å². The number of fused-ring (bicyclic) bond motifs is 1. The number of nitrogens with one attached hydrogen (secondary N) is 1. The molecule has 0 aliphatic carbocycles. The summed E-state index contributed by atoms with van der Waals surface area (Å²) >= 11 is 0. The molecule has 0 atom stereocenters. The van der Waals surface area contributed by atoms with Gasteiger partial charge in [-0.3, -0.25) is 0 Å². The van der Waals surface area contributed by atoms with Crippen LogP contribution in [0.15, 0.2) is 24.4 Å². The van der Waals surface area contributed by atoms with Gasteiger partial charge in [-0.2, -0.15) is 0 Å². The second-order valence-corrected chi connectivity index (χ2v) is 3.65. The Hall–Kier alpha value is -2.41. The van der Waals surface area contributed by atoms with E-state index in [1.54, 1.807) is 20.4 Å². The van der Waals surface area contributed by atoms with Crippen LogP contribution in [-0.4, -0.2) is 25.7 Å². The molecule has 0 saturated carbocycles. The molecular formula is C14H14N2O2. The number of hydrogen-bond acceptors (Lipinski definition) is 4. The molecule has 2 rings (SSSR count). The molecule has 0 aliphatic heterocycles. The van der Waals surface area contributed by atoms with Gasteiger partial charge in [-0.1, -0.05) is 5.92 Å². The number of anilines is 1. The van der Waals surface area contributed by atoms with E-state index >= 15 is 0 Å². The van der Waals surface area contributed by atoms with Crippen molar-refractivity contribution < 1.29 is 9.47 Å². The van der Waals surface area contributed by atoms with Gasteiger partial charge in [-0.05, 0) is 23.6 Å². The highest BCUT2D eigenvalue weighted by atomic mass is 16.5. The summed E-state index contributed by atoms with van der Waals surface area (Å²) in [5, 5.41) is 5.05. The van der Waals surface area contributed by atoms with Crippen LogP contribution >= 0.6 is 0 Å². The molecule has 1 aromatic heterocycles. The number of aromatic nitrogens is 1.